The van der Waals surface area contributed by atoms with E-state index in [0.717, 1.165) is 37.6 Å². The zero-order chi connectivity index (χ0) is 10.7. The van der Waals surface area contributed by atoms with Gasteiger partial charge in [-0.05, 0) is 25.5 Å². The fourth-order valence-corrected chi connectivity index (χ4v) is 1.91. The van der Waals surface area contributed by atoms with Crippen molar-refractivity contribution in [2.75, 3.05) is 25.1 Å². The van der Waals surface area contributed by atoms with E-state index in [1.54, 1.807) is 0 Å². The van der Waals surface area contributed by atoms with Crippen LogP contribution in [0, 0.1) is 12.8 Å². The van der Waals surface area contributed by atoms with Gasteiger partial charge in [0.25, 0.3) is 0 Å². The van der Waals surface area contributed by atoms with Gasteiger partial charge >= 0.3 is 0 Å². The summed E-state index contributed by atoms with van der Waals surface area (Å²) < 4.78 is 5.32. The van der Waals surface area contributed by atoms with Gasteiger partial charge in [0.05, 0.1) is 18.0 Å². The second-order valence-corrected chi connectivity index (χ2v) is 4.26. The number of ether oxygens (including phenoxy) is 1. The topological polar surface area (TPSA) is 34.2 Å². The minimum atomic E-state index is 0.544. The van der Waals surface area contributed by atoms with Gasteiger partial charge in [-0.15, -0.1) is 0 Å². The summed E-state index contributed by atoms with van der Waals surface area (Å²) in [7, 11) is 0. The number of halogens is 1. The molecule has 2 heterocycles. The number of nitrogens with one attached hydrogen (secondary N) is 1. The summed E-state index contributed by atoms with van der Waals surface area (Å²) in [6.07, 6.45) is 1.15. The predicted molar refractivity (Wildman–Crippen MR) is 61.4 cm³/mol. The molecule has 0 saturated carbocycles. The Morgan fingerprint density at radius 3 is 3.13 bits per heavy atom. The average molecular weight is 227 g/mol. The van der Waals surface area contributed by atoms with Crippen LogP contribution in [-0.2, 0) is 4.74 Å². The molecule has 0 amide bonds. The number of nitrogens with zero attached hydrogens (tertiary/aromatic N) is 1. The van der Waals surface area contributed by atoms with Crippen molar-refractivity contribution in [3.63, 3.8) is 0 Å². The molecule has 1 saturated heterocycles. The molecule has 1 atom stereocenters. The lowest BCUT2D eigenvalue weighted by Gasteiger charge is -2.12. The lowest BCUT2D eigenvalue weighted by molar-refractivity contribution is 0.187. The van der Waals surface area contributed by atoms with Crippen LogP contribution in [0.5, 0.6) is 0 Å². The van der Waals surface area contributed by atoms with E-state index in [0.29, 0.717) is 11.1 Å². The van der Waals surface area contributed by atoms with Crippen molar-refractivity contribution in [1.29, 1.82) is 0 Å². The summed E-state index contributed by atoms with van der Waals surface area (Å²) in [5, 5.41) is 3.92. The van der Waals surface area contributed by atoms with Gasteiger partial charge in [0, 0.05) is 19.1 Å². The molecule has 1 unspecified atom stereocenters. The molecule has 1 aromatic heterocycles. The van der Waals surface area contributed by atoms with E-state index in [2.05, 4.69) is 10.3 Å². The third kappa shape index (κ3) is 2.83. The second-order valence-electron chi connectivity index (χ2n) is 3.88. The second kappa shape index (κ2) is 4.81. The summed E-state index contributed by atoms with van der Waals surface area (Å²) in [5.74, 6) is 0.625. The van der Waals surface area contributed by atoms with Gasteiger partial charge in [0.2, 0.25) is 0 Å². The van der Waals surface area contributed by atoms with Crippen LogP contribution in [0.3, 0.4) is 0 Å². The summed E-state index contributed by atoms with van der Waals surface area (Å²) >= 11 is 5.79. The van der Waals surface area contributed by atoms with E-state index in [4.69, 9.17) is 16.3 Å². The Hall–Kier alpha value is -0.800. The summed E-state index contributed by atoms with van der Waals surface area (Å²) in [6, 6.07) is 3.78. The summed E-state index contributed by atoms with van der Waals surface area (Å²) in [5.41, 5.74) is 2.01. The Balaban J connectivity index is 1.92. The van der Waals surface area contributed by atoms with Crippen LogP contribution in [-0.4, -0.2) is 24.7 Å². The zero-order valence-corrected chi connectivity index (χ0v) is 9.55. The Bertz CT molecular complexity index is 337. The lowest BCUT2D eigenvalue weighted by Crippen LogP contribution is -2.14. The molecule has 1 aliphatic rings. The van der Waals surface area contributed by atoms with Gasteiger partial charge in [-0.3, -0.25) is 0 Å². The van der Waals surface area contributed by atoms with Crippen molar-refractivity contribution < 1.29 is 4.74 Å². The van der Waals surface area contributed by atoms with Crippen molar-refractivity contribution in [1.82, 2.24) is 4.98 Å². The van der Waals surface area contributed by atoms with Gasteiger partial charge in [-0.1, -0.05) is 11.6 Å². The predicted octanol–water partition coefficient (Wildman–Crippen LogP) is 2.49. The third-order valence-electron chi connectivity index (χ3n) is 2.66. The maximum atomic E-state index is 5.79. The number of rotatable bonds is 3. The number of hydrogen-bond donors (Lipinski definition) is 1. The number of aryl methyl sites for hydroxylation is 1. The first-order valence-corrected chi connectivity index (χ1v) is 5.58. The molecule has 2 rings (SSSR count). The minimum Gasteiger partial charge on any atom is -0.383 e. The zero-order valence-electron chi connectivity index (χ0n) is 8.79. The first kappa shape index (κ1) is 10.7. The van der Waals surface area contributed by atoms with E-state index in [-0.39, 0.29) is 0 Å². The van der Waals surface area contributed by atoms with Crippen LogP contribution in [0.4, 0.5) is 5.69 Å². The molecule has 15 heavy (non-hydrogen) atoms. The number of aromatic nitrogens is 1. The molecule has 0 spiro atoms. The molecular weight excluding hydrogens is 212 g/mol. The molecule has 0 radical (unpaired) electrons. The maximum Gasteiger partial charge on any atom is 0.129 e. The summed E-state index contributed by atoms with van der Waals surface area (Å²) in [4.78, 5) is 4.19. The molecule has 82 valence electrons. The molecule has 0 bridgehead atoms. The highest BCUT2D eigenvalue weighted by molar-refractivity contribution is 6.29. The smallest absolute Gasteiger partial charge is 0.129 e. The van der Waals surface area contributed by atoms with Crippen LogP contribution >= 0.6 is 11.6 Å². The normalized spacial score (nSPS) is 20.5. The lowest BCUT2D eigenvalue weighted by atomic mass is 10.1. The molecule has 1 aliphatic heterocycles. The van der Waals surface area contributed by atoms with Crippen LogP contribution in [0.25, 0.3) is 0 Å². The molecule has 1 fully saturated rings. The third-order valence-corrected chi connectivity index (χ3v) is 2.87. The number of pyridine rings is 1. The molecule has 0 aliphatic carbocycles. The fraction of sp³-hybridized carbons (Fsp3) is 0.545. The molecule has 1 N–H and O–H groups in total. The van der Waals surface area contributed by atoms with Crippen LogP contribution in [0.15, 0.2) is 12.1 Å². The Morgan fingerprint density at radius 1 is 1.60 bits per heavy atom. The largest absolute Gasteiger partial charge is 0.383 e. The van der Waals surface area contributed by atoms with Gasteiger partial charge in [0.1, 0.15) is 5.15 Å². The first-order chi connectivity index (χ1) is 7.25. The highest BCUT2D eigenvalue weighted by atomic mass is 35.5. The first-order valence-electron chi connectivity index (χ1n) is 5.20. The van der Waals surface area contributed by atoms with E-state index in [1.165, 1.54) is 0 Å². The minimum absolute atomic E-state index is 0.544. The SMILES string of the molecule is Cc1nc(Cl)ccc1NCC1CCOC1. The van der Waals surface area contributed by atoms with Crippen molar-refractivity contribution in [2.45, 2.75) is 13.3 Å². The molecule has 0 aromatic carbocycles. The standard InChI is InChI=1S/C11H15ClN2O/c1-8-10(2-3-11(12)14-8)13-6-9-4-5-15-7-9/h2-3,9,13H,4-7H2,1H3. The van der Waals surface area contributed by atoms with Crippen molar-refractivity contribution >= 4 is 17.3 Å². The molecule has 1 aromatic rings. The van der Waals surface area contributed by atoms with Crippen molar-refractivity contribution in [3.8, 4) is 0 Å². The monoisotopic (exact) mass is 226 g/mol. The highest BCUT2D eigenvalue weighted by Gasteiger charge is 2.15. The van der Waals surface area contributed by atoms with E-state index >= 15 is 0 Å². The quantitative estimate of drug-likeness (QED) is 0.805. The van der Waals surface area contributed by atoms with Crippen molar-refractivity contribution in [2.24, 2.45) is 5.92 Å². The summed E-state index contributed by atoms with van der Waals surface area (Å²) in [6.45, 7) is 4.67. The number of hydrogen-bond acceptors (Lipinski definition) is 3. The van der Waals surface area contributed by atoms with Gasteiger partial charge in [0.15, 0.2) is 0 Å². The highest BCUT2D eigenvalue weighted by Crippen LogP contribution is 2.18. The molecule has 4 heteroatoms. The fourth-order valence-electron chi connectivity index (χ4n) is 1.72. The Kier molecular flexibility index (Phi) is 3.44. The van der Waals surface area contributed by atoms with Crippen LogP contribution in [0.1, 0.15) is 12.1 Å². The van der Waals surface area contributed by atoms with Crippen LogP contribution in [0.2, 0.25) is 5.15 Å². The maximum absolute atomic E-state index is 5.79. The van der Waals surface area contributed by atoms with Crippen LogP contribution < -0.4 is 5.32 Å². The van der Waals surface area contributed by atoms with Gasteiger partial charge < -0.3 is 10.1 Å². The Morgan fingerprint density at radius 2 is 2.47 bits per heavy atom. The average Bonchev–Trinajstić information content (AvgIpc) is 2.69. The van der Waals surface area contributed by atoms with Crippen molar-refractivity contribution in [3.05, 3.63) is 23.0 Å². The molecular formula is C11H15ClN2O. The van der Waals surface area contributed by atoms with E-state index in [9.17, 15) is 0 Å². The molecule has 3 nitrogen and oxygen atoms in total. The van der Waals surface area contributed by atoms with E-state index in [1.807, 2.05) is 19.1 Å². The number of anilines is 1. The van der Waals surface area contributed by atoms with E-state index < -0.39 is 0 Å². The van der Waals surface area contributed by atoms with Gasteiger partial charge in [-0.25, -0.2) is 4.98 Å². The Labute approximate surface area is 94.8 Å². The van der Waals surface area contributed by atoms with Gasteiger partial charge in [-0.2, -0.15) is 0 Å².